The summed E-state index contributed by atoms with van der Waals surface area (Å²) >= 11 is 0. The number of nitrogens with zero attached hydrogens (tertiary/aromatic N) is 2. The van der Waals surface area contributed by atoms with Crippen molar-refractivity contribution in [3.63, 3.8) is 0 Å². The van der Waals surface area contributed by atoms with E-state index < -0.39 is 0 Å². The number of H-pyrrole nitrogens is 1. The molecule has 0 atom stereocenters. The van der Waals surface area contributed by atoms with Crippen LogP contribution in [0.4, 0.5) is 0 Å². The molecule has 12 heavy (non-hydrogen) atoms. The van der Waals surface area contributed by atoms with Gasteiger partial charge in [-0.05, 0) is 13.0 Å². The van der Waals surface area contributed by atoms with Gasteiger partial charge in [0.05, 0.1) is 16.7 Å². The highest BCUT2D eigenvalue weighted by molar-refractivity contribution is 5.76. The first-order valence-electron chi connectivity index (χ1n) is 3.70. The number of aromatic amines is 1. The Balaban J connectivity index is 3.05. The van der Waals surface area contributed by atoms with Crippen LogP contribution >= 0.6 is 0 Å². The topological polar surface area (TPSA) is 50.7 Å². The average molecular weight is 163 g/mol. The molecule has 0 aliphatic rings. The number of hydrogen-bond donors (Lipinski definition) is 1. The van der Waals surface area contributed by atoms with Gasteiger partial charge in [0.1, 0.15) is 0 Å². The zero-order valence-corrected chi connectivity index (χ0v) is 6.96. The van der Waals surface area contributed by atoms with Crippen molar-refractivity contribution in [2.24, 2.45) is 7.05 Å². The minimum atomic E-state index is -0.0962. The fourth-order valence-electron chi connectivity index (χ4n) is 1.29. The third kappa shape index (κ3) is 0.777. The molecular weight excluding hydrogens is 154 g/mol. The van der Waals surface area contributed by atoms with Crippen LogP contribution in [0.25, 0.3) is 11.0 Å². The molecule has 1 N–H and O–H groups in total. The molecule has 0 aromatic carbocycles. The Hall–Kier alpha value is -1.58. The first-order valence-corrected chi connectivity index (χ1v) is 3.70. The van der Waals surface area contributed by atoms with Gasteiger partial charge >= 0.3 is 5.69 Å². The van der Waals surface area contributed by atoms with Crippen LogP contribution in [0.3, 0.4) is 0 Å². The second-order valence-corrected chi connectivity index (χ2v) is 2.78. The van der Waals surface area contributed by atoms with Crippen molar-refractivity contribution in [3.8, 4) is 0 Å². The lowest BCUT2D eigenvalue weighted by atomic mass is 10.3. The van der Waals surface area contributed by atoms with Crippen molar-refractivity contribution in [2.75, 3.05) is 0 Å². The summed E-state index contributed by atoms with van der Waals surface area (Å²) < 4.78 is 1.57. The molecule has 2 aromatic rings. The molecule has 2 heterocycles. The first-order chi connectivity index (χ1) is 5.70. The van der Waals surface area contributed by atoms with E-state index in [-0.39, 0.29) is 5.69 Å². The molecule has 0 amide bonds. The number of aryl methyl sites for hydroxylation is 2. The summed E-state index contributed by atoms with van der Waals surface area (Å²) in [5, 5.41) is 0. The number of hydrogen-bond acceptors (Lipinski definition) is 2. The summed E-state index contributed by atoms with van der Waals surface area (Å²) in [5.74, 6) is 0. The molecule has 0 aliphatic heterocycles. The molecule has 0 radical (unpaired) electrons. The van der Waals surface area contributed by atoms with E-state index in [1.807, 2.05) is 13.0 Å². The summed E-state index contributed by atoms with van der Waals surface area (Å²) in [6, 6.07) is 1.82. The van der Waals surface area contributed by atoms with Crippen molar-refractivity contribution >= 4 is 11.0 Å². The molecule has 0 unspecified atom stereocenters. The van der Waals surface area contributed by atoms with Gasteiger partial charge in [0.15, 0.2) is 0 Å². The van der Waals surface area contributed by atoms with Gasteiger partial charge in [-0.15, -0.1) is 0 Å². The van der Waals surface area contributed by atoms with Crippen LogP contribution in [0, 0.1) is 6.92 Å². The van der Waals surface area contributed by atoms with Crippen molar-refractivity contribution in [1.82, 2.24) is 14.5 Å². The molecule has 4 nitrogen and oxygen atoms in total. The Morgan fingerprint density at radius 1 is 1.58 bits per heavy atom. The van der Waals surface area contributed by atoms with E-state index in [9.17, 15) is 4.79 Å². The molecule has 4 heteroatoms. The van der Waals surface area contributed by atoms with Gasteiger partial charge in [-0.1, -0.05) is 0 Å². The third-order valence-electron chi connectivity index (χ3n) is 2.02. The van der Waals surface area contributed by atoms with Crippen LogP contribution in [0.1, 0.15) is 5.69 Å². The van der Waals surface area contributed by atoms with E-state index in [1.165, 1.54) is 0 Å². The predicted octanol–water partition coefficient (Wildman–Crippen LogP) is 0.570. The largest absolute Gasteiger partial charge is 0.326 e. The molecule has 0 bridgehead atoms. The van der Waals surface area contributed by atoms with Gasteiger partial charge in [-0.3, -0.25) is 9.55 Å². The molecule has 2 rings (SSSR count). The highest BCUT2D eigenvalue weighted by Gasteiger charge is 2.03. The Labute approximate surface area is 68.9 Å². The lowest BCUT2D eigenvalue weighted by molar-refractivity contribution is 0.891. The van der Waals surface area contributed by atoms with E-state index in [2.05, 4.69) is 9.97 Å². The summed E-state index contributed by atoms with van der Waals surface area (Å²) in [6.45, 7) is 1.87. The number of aromatic nitrogens is 3. The quantitative estimate of drug-likeness (QED) is 0.617. The molecule has 0 fully saturated rings. The van der Waals surface area contributed by atoms with Crippen molar-refractivity contribution < 1.29 is 0 Å². The highest BCUT2D eigenvalue weighted by Crippen LogP contribution is 2.09. The number of rotatable bonds is 0. The Kier molecular flexibility index (Phi) is 1.30. The second kappa shape index (κ2) is 2.20. The Bertz CT molecular complexity index is 480. The summed E-state index contributed by atoms with van der Waals surface area (Å²) in [4.78, 5) is 18.0. The normalized spacial score (nSPS) is 10.8. The van der Waals surface area contributed by atoms with Crippen LogP contribution < -0.4 is 5.69 Å². The number of pyridine rings is 1. The number of nitrogens with one attached hydrogen (secondary N) is 1. The maximum Gasteiger partial charge on any atom is 0.326 e. The number of imidazole rings is 1. The summed E-state index contributed by atoms with van der Waals surface area (Å²) in [7, 11) is 1.74. The smallest absolute Gasteiger partial charge is 0.304 e. The van der Waals surface area contributed by atoms with Crippen LogP contribution in [-0.4, -0.2) is 14.5 Å². The van der Waals surface area contributed by atoms with Gasteiger partial charge in [-0.2, -0.15) is 0 Å². The van der Waals surface area contributed by atoms with Crippen LogP contribution in [0.15, 0.2) is 17.1 Å². The van der Waals surface area contributed by atoms with E-state index in [1.54, 1.807) is 17.8 Å². The predicted molar refractivity (Wildman–Crippen MR) is 46.1 cm³/mol. The zero-order valence-electron chi connectivity index (χ0n) is 6.96. The van der Waals surface area contributed by atoms with E-state index in [0.29, 0.717) is 0 Å². The van der Waals surface area contributed by atoms with Crippen LogP contribution in [-0.2, 0) is 7.05 Å². The van der Waals surface area contributed by atoms with Crippen molar-refractivity contribution in [2.45, 2.75) is 6.92 Å². The van der Waals surface area contributed by atoms with E-state index >= 15 is 0 Å². The molecule has 0 aliphatic carbocycles. The first kappa shape index (κ1) is 7.09. The van der Waals surface area contributed by atoms with Crippen molar-refractivity contribution in [1.29, 1.82) is 0 Å². The summed E-state index contributed by atoms with van der Waals surface area (Å²) in [6.07, 6.45) is 1.70. The Morgan fingerprint density at radius 2 is 2.33 bits per heavy atom. The van der Waals surface area contributed by atoms with Crippen molar-refractivity contribution in [3.05, 3.63) is 28.4 Å². The monoisotopic (exact) mass is 163 g/mol. The molecule has 0 saturated heterocycles. The van der Waals surface area contributed by atoms with Gasteiger partial charge in [0.25, 0.3) is 0 Å². The standard InChI is InChI=1S/C8H9N3O/c1-5-7-6(3-4-9-5)11(2)8(12)10-7/h3-4H,1-2H3,(H,10,12). The minimum Gasteiger partial charge on any atom is -0.304 e. The van der Waals surface area contributed by atoms with Crippen LogP contribution in [0.2, 0.25) is 0 Å². The molecule has 0 saturated carbocycles. The lowest BCUT2D eigenvalue weighted by Crippen LogP contribution is -2.11. The molecule has 2 aromatic heterocycles. The third-order valence-corrected chi connectivity index (χ3v) is 2.02. The number of fused-ring (bicyclic) bond motifs is 1. The van der Waals surface area contributed by atoms with Gasteiger partial charge < -0.3 is 4.98 Å². The maximum atomic E-state index is 11.2. The molecular formula is C8H9N3O. The van der Waals surface area contributed by atoms with Crippen LogP contribution in [0.5, 0.6) is 0 Å². The minimum absolute atomic E-state index is 0.0962. The molecule has 62 valence electrons. The average Bonchev–Trinajstić information content (AvgIpc) is 2.32. The fourth-order valence-corrected chi connectivity index (χ4v) is 1.29. The lowest BCUT2D eigenvalue weighted by Gasteiger charge is -1.93. The van der Waals surface area contributed by atoms with Gasteiger partial charge in [-0.25, -0.2) is 4.79 Å². The van der Waals surface area contributed by atoms with Gasteiger partial charge in [0, 0.05) is 13.2 Å². The van der Waals surface area contributed by atoms with E-state index in [0.717, 1.165) is 16.7 Å². The van der Waals surface area contributed by atoms with Gasteiger partial charge in [0.2, 0.25) is 0 Å². The SMILES string of the molecule is Cc1nccc2c1[nH]c(=O)n2C. The highest BCUT2D eigenvalue weighted by atomic mass is 16.1. The maximum absolute atomic E-state index is 11.2. The fraction of sp³-hybridized carbons (Fsp3) is 0.250. The second-order valence-electron chi connectivity index (χ2n) is 2.78. The summed E-state index contributed by atoms with van der Waals surface area (Å²) in [5.41, 5.74) is 2.48. The Morgan fingerprint density at radius 3 is 3.00 bits per heavy atom. The van der Waals surface area contributed by atoms with E-state index in [4.69, 9.17) is 0 Å². The zero-order chi connectivity index (χ0) is 8.72. The molecule has 0 spiro atoms.